The first-order valence-corrected chi connectivity index (χ1v) is 11.9. The van der Waals surface area contributed by atoms with Crippen molar-refractivity contribution in [1.82, 2.24) is 9.55 Å². The molecule has 0 spiro atoms. The molecule has 0 aliphatic heterocycles. The van der Waals surface area contributed by atoms with Crippen LogP contribution < -0.4 is 9.47 Å². The monoisotopic (exact) mass is 442 g/mol. The van der Waals surface area contributed by atoms with Gasteiger partial charge in [0.2, 0.25) is 0 Å². The Kier molecular flexibility index (Phi) is 7.33. The maximum absolute atomic E-state index is 6.01. The maximum atomic E-state index is 6.01. The number of methoxy groups -OCH3 is 1. The molecule has 4 heteroatoms. The molecule has 1 aromatic heterocycles. The van der Waals surface area contributed by atoms with Gasteiger partial charge < -0.3 is 14.0 Å². The number of hydrogen-bond donors (Lipinski definition) is 0. The Balaban J connectivity index is 1.51. The minimum Gasteiger partial charge on any atom is -0.493 e. The SMILES string of the molecule is COc1ccccc1OCCCn1c(C(C)c2ccc(CC(C)C)cc2)nc2ccccc21. The number of imidazole rings is 1. The molecule has 3 aromatic carbocycles. The lowest BCUT2D eigenvalue weighted by molar-refractivity contribution is 0.282. The zero-order valence-corrected chi connectivity index (χ0v) is 20.1. The van der Waals surface area contributed by atoms with Gasteiger partial charge in [-0.2, -0.15) is 0 Å². The number of rotatable bonds is 10. The summed E-state index contributed by atoms with van der Waals surface area (Å²) >= 11 is 0. The van der Waals surface area contributed by atoms with Gasteiger partial charge >= 0.3 is 0 Å². The van der Waals surface area contributed by atoms with Crippen LogP contribution in [-0.2, 0) is 13.0 Å². The van der Waals surface area contributed by atoms with Crippen LogP contribution in [0.1, 0.15) is 50.1 Å². The average molecular weight is 443 g/mol. The van der Waals surface area contributed by atoms with E-state index in [4.69, 9.17) is 14.5 Å². The highest BCUT2D eigenvalue weighted by Crippen LogP contribution is 2.29. The summed E-state index contributed by atoms with van der Waals surface area (Å²) < 4.78 is 13.8. The Morgan fingerprint density at radius 2 is 1.55 bits per heavy atom. The van der Waals surface area contributed by atoms with Crippen molar-refractivity contribution in [3.8, 4) is 11.5 Å². The standard InChI is InChI=1S/C29H34N2O2/c1-21(2)20-23-14-16-24(17-15-23)22(3)29-30-25-10-5-6-11-26(25)31(29)18-9-19-33-28-13-8-7-12-27(28)32-4/h5-8,10-17,21-22H,9,18-20H2,1-4H3. The summed E-state index contributed by atoms with van der Waals surface area (Å²) in [5, 5.41) is 0. The highest BCUT2D eigenvalue weighted by molar-refractivity contribution is 5.76. The van der Waals surface area contributed by atoms with E-state index in [1.54, 1.807) is 7.11 Å². The Morgan fingerprint density at radius 3 is 2.27 bits per heavy atom. The number of hydrogen-bond acceptors (Lipinski definition) is 3. The van der Waals surface area contributed by atoms with Crippen molar-refractivity contribution in [3.63, 3.8) is 0 Å². The van der Waals surface area contributed by atoms with Crippen LogP contribution >= 0.6 is 0 Å². The van der Waals surface area contributed by atoms with Crippen LogP contribution in [0.15, 0.2) is 72.8 Å². The Bertz CT molecular complexity index is 1180. The molecule has 1 unspecified atom stereocenters. The van der Waals surface area contributed by atoms with Gasteiger partial charge in [0, 0.05) is 12.5 Å². The van der Waals surface area contributed by atoms with Gasteiger partial charge in [0.1, 0.15) is 5.82 Å². The quantitative estimate of drug-likeness (QED) is 0.252. The van der Waals surface area contributed by atoms with E-state index in [-0.39, 0.29) is 5.92 Å². The van der Waals surface area contributed by atoms with E-state index in [0.717, 1.165) is 42.2 Å². The van der Waals surface area contributed by atoms with Crippen molar-refractivity contribution < 1.29 is 9.47 Å². The van der Waals surface area contributed by atoms with Gasteiger partial charge in [-0.25, -0.2) is 4.98 Å². The molecule has 4 aromatic rings. The molecule has 4 rings (SSSR count). The third-order valence-electron chi connectivity index (χ3n) is 6.05. The van der Waals surface area contributed by atoms with E-state index in [9.17, 15) is 0 Å². The molecule has 172 valence electrons. The van der Waals surface area contributed by atoms with Crippen molar-refractivity contribution in [3.05, 3.63) is 89.7 Å². The van der Waals surface area contributed by atoms with E-state index < -0.39 is 0 Å². The van der Waals surface area contributed by atoms with E-state index in [1.807, 2.05) is 24.3 Å². The van der Waals surface area contributed by atoms with Gasteiger partial charge in [0.15, 0.2) is 11.5 Å². The predicted octanol–water partition coefficient (Wildman–Crippen LogP) is 6.86. The molecule has 0 bridgehead atoms. The van der Waals surface area contributed by atoms with E-state index in [0.29, 0.717) is 12.5 Å². The van der Waals surface area contributed by atoms with Crippen LogP contribution in [0.25, 0.3) is 11.0 Å². The highest BCUT2D eigenvalue weighted by Gasteiger charge is 2.18. The molecule has 0 N–H and O–H groups in total. The average Bonchev–Trinajstić information content (AvgIpc) is 3.20. The fourth-order valence-electron chi connectivity index (χ4n) is 4.37. The predicted molar refractivity (Wildman–Crippen MR) is 135 cm³/mol. The first kappa shape index (κ1) is 22.9. The number of benzene rings is 3. The summed E-state index contributed by atoms with van der Waals surface area (Å²) in [6.45, 7) is 8.23. The van der Waals surface area contributed by atoms with Crippen molar-refractivity contribution in [2.75, 3.05) is 13.7 Å². The summed E-state index contributed by atoms with van der Waals surface area (Å²) in [6, 6.07) is 25.2. The molecule has 0 radical (unpaired) electrons. The number of ether oxygens (including phenoxy) is 2. The molecule has 1 heterocycles. The van der Waals surface area contributed by atoms with Gasteiger partial charge in [-0.1, -0.05) is 69.3 Å². The minimum absolute atomic E-state index is 0.209. The zero-order chi connectivity index (χ0) is 23.2. The van der Waals surface area contributed by atoms with Gasteiger partial charge in [-0.15, -0.1) is 0 Å². The summed E-state index contributed by atoms with van der Waals surface area (Å²) in [5.41, 5.74) is 4.90. The summed E-state index contributed by atoms with van der Waals surface area (Å²) in [7, 11) is 1.67. The van der Waals surface area contributed by atoms with Crippen molar-refractivity contribution >= 4 is 11.0 Å². The minimum atomic E-state index is 0.209. The van der Waals surface area contributed by atoms with Crippen molar-refractivity contribution in [2.45, 2.75) is 46.1 Å². The molecular weight excluding hydrogens is 408 g/mol. The largest absolute Gasteiger partial charge is 0.493 e. The first-order chi connectivity index (χ1) is 16.1. The maximum Gasteiger partial charge on any atom is 0.161 e. The van der Waals surface area contributed by atoms with Gasteiger partial charge in [-0.3, -0.25) is 0 Å². The van der Waals surface area contributed by atoms with Crippen molar-refractivity contribution in [1.29, 1.82) is 0 Å². The topological polar surface area (TPSA) is 36.3 Å². The normalized spacial score (nSPS) is 12.3. The van der Waals surface area contributed by atoms with Crippen molar-refractivity contribution in [2.24, 2.45) is 5.92 Å². The van der Waals surface area contributed by atoms with E-state index in [2.05, 4.69) is 73.9 Å². The zero-order valence-electron chi connectivity index (χ0n) is 20.1. The Hall–Kier alpha value is -3.27. The molecule has 0 aliphatic rings. The second-order valence-electron chi connectivity index (χ2n) is 9.02. The van der Waals surface area contributed by atoms with Crippen LogP contribution in [-0.4, -0.2) is 23.3 Å². The lowest BCUT2D eigenvalue weighted by Gasteiger charge is -2.16. The summed E-state index contributed by atoms with van der Waals surface area (Å²) in [5.74, 6) is 3.52. The molecule has 0 aliphatic carbocycles. The number of aryl methyl sites for hydroxylation is 1. The van der Waals surface area contributed by atoms with E-state index in [1.165, 1.54) is 16.6 Å². The number of para-hydroxylation sites is 4. The van der Waals surface area contributed by atoms with Crippen LogP contribution in [0.3, 0.4) is 0 Å². The van der Waals surface area contributed by atoms with Crippen LogP contribution in [0, 0.1) is 5.92 Å². The van der Waals surface area contributed by atoms with Crippen LogP contribution in [0.2, 0.25) is 0 Å². The number of aromatic nitrogens is 2. The lowest BCUT2D eigenvalue weighted by atomic mass is 9.96. The Morgan fingerprint density at radius 1 is 0.848 bits per heavy atom. The molecule has 4 nitrogen and oxygen atoms in total. The number of fused-ring (bicyclic) bond motifs is 1. The molecule has 33 heavy (non-hydrogen) atoms. The smallest absolute Gasteiger partial charge is 0.161 e. The fraction of sp³-hybridized carbons (Fsp3) is 0.345. The third-order valence-corrected chi connectivity index (χ3v) is 6.05. The highest BCUT2D eigenvalue weighted by atomic mass is 16.5. The first-order valence-electron chi connectivity index (χ1n) is 11.9. The molecule has 0 saturated carbocycles. The van der Waals surface area contributed by atoms with Crippen LogP contribution in [0.5, 0.6) is 11.5 Å². The third kappa shape index (κ3) is 5.39. The second-order valence-corrected chi connectivity index (χ2v) is 9.02. The molecule has 0 amide bonds. The number of nitrogens with zero attached hydrogens (tertiary/aromatic N) is 2. The molecule has 0 saturated heterocycles. The van der Waals surface area contributed by atoms with Gasteiger partial charge in [-0.05, 0) is 54.2 Å². The second kappa shape index (κ2) is 10.6. The van der Waals surface area contributed by atoms with E-state index >= 15 is 0 Å². The summed E-state index contributed by atoms with van der Waals surface area (Å²) in [6.07, 6.45) is 1.99. The molecular formula is C29H34N2O2. The Labute approximate surface area is 197 Å². The van der Waals surface area contributed by atoms with Gasteiger partial charge in [0.05, 0.1) is 24.8 Å². The van der Waals surface area contributed by atoms with Gasteiger partial charge in [0.25, 0.3) is 0 Å². The molecule has 1 atom stereocenters. The lowest BCUT2D eigenvalue weighted by Crippen LogP contribution is -2.11. The molecule has 0 fully saturated rings. The summed E-state index contributed by atoms with van der Waals surface area (Å²) in [4.78, 5) is 5.03. The van der Waals surface area contributed by atoms with Crippen LogP contribution in [0.4, 0.5) is 0 Å². The fourth-order valence-corrected chi connectivity index (χ4v) is 4.37.